The molecule has 0 aliphatic carbocycles. The maximum atomic E-state index is 13.9. The Labute approximate surface area is 171 Å². The van der Waals surface area contributed by atoms with Gasteiger partial charge >= 0.3 is 6.09 Å². The molecular weight excluding hydrogens is 369 g/mol. The normalized spacial score (nSPS) is 26.2. The van der Waals surface area contributed by atoms with Crippen LogP contribution in [0.1, 0.15) is 48.8 Å². The predicted molar refractivity (Wildman–Crippen MR) is 109 cm³/mol. The number of carbonyl (C=O) groups is 1. The number of ether oxygens (including phenoxy) is 1. The minimum absolute atomic E-state index is 0.0360. The van der Waals surface area contributed by atoms with Crippen molar-refractivity contribution in [1.82, 2.24) is 4.90 Å². The number of hydrogen-bond acceptors (Lipinski definition) is 3. The summed E-state index contributed by atoms with van der Waals surface area (Å²) in [5, 5.41) is 11.3. The zero-order valence-corrected chi connectivity index (χ0v) is 16.8. The van der Waals surface area contributed by atoms with Gasteiger partial charge in [0.05, 0.1) is 5.60 Å². The number of halogens is 1. The van der Waals surface area contributed by atoms with E-state index in [2.05, 4.69) is 0 Å². The van der Waals surface area contributed by atoms with Crippen LogP contribution in [-0.2, 0) is 17.8 Å². The van der Waals surface area contributed by atoms with Gasteiger partial charge in [0.25, 0.3) is 0 Å². The molecule has 2 heterocycles. The summed E-state index contributed by atoms with van der Waals surface area (Å²) in [6.45, 7) is 1.99. The van der Waals surface area contributed by atoms with Crippen LogP contribution in [0.5, 0.6) is 0 Å². The standard InChI is InChI=1S/C24H28FNO3/c1-17-10-11-19(12-22(17)25)13-24(28)14-20-8-5-9-21(15-24)26(20)23(27)29-16-18-6-3-2-4-7-18/h2-4,6-7,10-12,20-21,28H,5,8-9,13-16H2,1H3. The van der Waals surface area contributed by atoms with Gasteiger partial charge in [0.1, 0.15) is 12.4 Å². The fourth-order valence-corrected chi connectivity index (χ4v) is 4.89. The van der Waals surface area contributed by atoms with Crippen molar-refractivity contribution in [1.29, 1.82) is 0 Å². The number of rotatable bonds is 4. The largest absolute Gasteiger partial charge is 0.445 e. The molecule has 0 saturated carbocycles. The molecule has 2 fully saturated rings. The first-order valence-electron chi connectivity index (χ1n) is 10.4. The quantitative estimate of drug-likeness (QED) is 0.809. The molecule has 2 bridgehead atoms. The molecule has 29 heavy (non-hydrogen) atoms. The van der Waals surface area contributed by atoms with E-state index in [1.165, 1.54) is 6.07 Å². The Balaban J connectivity index is 1.44. The molecule has 2 unspecified atom stereocenters. The monoisotopic (exact) mass is 397 g/mol. The van der Waals surface area contributed by atoms with Crippen molar-refractivity contribution < 1.29 is 19.0 Å². The van der Waals surface area contributed by atoms with Crippen molar-refractivity contribution in [3.63, 3.8) is 0 Å². The van der Waals surface area contributed by atoms with Crippen LogP contribution in [0.25, 0.3) is 0 Å². The van der Waals surface area contributed by atoms with E-state index < -0.39 is 5.60 Å². The second-order valence-electron chi connectivity index (χ2n) is 8.58. The van der Waals surface area contributed by atoms with Gasteiger partial charge in [-0.2, -0.15) is 0 Å². The summed E-state index contributed by atoms with van der Waals surface area (Å²) in [5.41, 5.74) is 1.44. The maximum absolute atomic E-state index is 13.9. The van der Waals surface area contributed by atoms with Gasteiger partial charge in [-0.25, -0.2) is 9.18 Å². The fraction of sp³-hybridized carbons (Fsp3) is 0.458. The molecule has 154 valence electrons. The summed E-state index contributed by atoms with van der Waals surface area (Å²) < 4.78 is 19.5. The van der Waals surface area contributed by atoms with Crippen LogP contribution < -0.4 is 0 Å². The molecule has 0 aromatic heterocycles. The fourth-order valence-electron chi connectivity index (χ4n) is 4.89. The summed E-state index contributed by atoms with van der Waals surface area (Å²) in [7, 11) is 0. The first-order valence-corrected chi connectivity index (χ1v) is 10.4. The Morgan fingerprint density at radius 2 is 1.83 bits per heavy atom. The zero-order valence-electron chi connectivity index (χ0n) is 16.8. The third-order valence-electron chi connectivity index (χ3n) is 6.28. The Bertz CT molecular complexity index is 856. The highest BCUT2D eigenvalue weighted by Gasteiger charge is 2.47. The summed E-state index contributed by atoms with van der Waals surface area (Å²) in [5.74, 6) is -0.242. The van der Waals surface area contributed by atoms with Gasteiger partial charge in [0.2, 0.25) is 0 Å². The molecule has 2 aromatic carbocycles. The zero-order chi connectivity index (χ0) is 20.4. The topological polar surface area (TPSA) is 49.8 Å². The number of hydrogen-bond donors (Lipinski definition) is 1. The van der Waals surface area contributed by atoms with Gasteiger partial charge in [-0.15, -0.1) is 0 Å². The number of aliphatic hydroxyl groups is 1. The number of carbonyl (C=O) groups excluding carboxylic acids is 1. The highest BCUT2D eigenvalue weighted by Crippen LogP contribution is 2.41. The van der Waals surface area contributed by atoms with Gasteiger partial charge < -0.3 is 14.7 Å². The second-order valence-corrected chi connectivity index (χ2v) is 8.58. The first-order chi connectivity index (χ1) is 13.9. The van der Waals surface area contributed by atoms with E-state index in [0.717, 1.165) is 30.4 Å². The van der Waals surface area contributed by atoms with E-state index in [0.29, 0.717) is 24.8 Å². The summed E-state index contributed by atoms with van der Waals surface area (Å²) in [4.78, 5) is 14.7. The van der Waals surface area contributed by atoms with Crippen LogP contribution in [0.2, 0.25) is 0 Å². The lowest BCUT2D eigenvalue weighted by molar-refractivity contribution is -0.0846. The van der Waals surface area contributed by atoms with Crippen LogP contribution in [0, 0.1) is 12.7 Å². The maximum Gasteiger partial charge on any atom is 0.410 e. The SMILES string of the molecule is Cc1ccc(CC2(O)CC3CCCC(C2)N3C(=O)OCc2ccccc2)cc1F. The summed E-state index contributed by atoms with van der Waals surface area (Å²) in [6, 6.07) is 14.7. The smallest absolute Gasteiger partial charge is 0.410 e. The van der Waals surface area contributed by atoms with Crippen LogP contribution in [0.4, 0.5) is 9.18 Å². The molecule has 0 spiro atoms. The van der Waals surface area contributed by atoms with Crippen molar-refractivity contribution in [3.05, 3.63) is 71.0 Å². The summed E-state index contributed by atoms with van der Waals surface area (Å²) in [6.07, 6.45) is 3.88. The van der Waals surface area contributed by atoms with Crippen molar-refractivity contribution >= 4 is 6.09 Å². The average molecular weight is 397 g/mol. The molecule has 0 radical (unpaired) electrons. The number of nitrogens with zero attached hydrogens (tertiary/aromatic N) is 1. The summed E-state index contributed by atoms with van der Waals surface area (Å²) >= 11 is 0. The molecular formula is C24H28FNO3. The predicted octanol–water partition coefficient (Wildman–Crippen LogP) is 4.76. The highest BCUT2D eigenvalue weighted by molar-refractivity contribution is 5.69. The van der Waals surface area contributed by atoms with E-state index in [-0.39, 0.29) is 30.6 Å². The van der Waals surface area contributed by atoms with E-state index in [1.54, 1.807) is 13.0 Å². The number of amides is 1. The van der Waals surface area contributed by atoms with Gasteiger partial charge in [0, 0.05) is 18.5 Å². The van der Waals surface area contributed by atoms with Gasteiger partial charge in [-0.05, 0) is 61.8 Å². The molecule has 2 aliphatic rings. The molecule has 2 aliphatic heterocycles. The first kappa shape index (κ1) is 19.9. The van der Waals surface area contributed by atoms with Crippen molar-refractivity contribution in [2.45, 2.75) is 69.7 Å². The lowest BCUT2D eigenvalue weighted by Crippen LogP contribution is -2.60. The van der Waals surface area contributed by atoms with Crippen molar-refractivity contribution in [2.24, 2.45) is 0 Å². The molecule has 2 aromatic rings. The van der Waals surface area contributed by atoms with Crippen LogP contribution in [-0.4, -0.2) is 33.8 Å². The van der Waals surface area contributed by atoms with Gasteiger partial charge in [0.15, 0.2) is 0 Å². The van der Waals surface area contributed by atoms with Crippen molar-refractivity contribution in [2.75, 3.05) is 0 Å². The molecule has 4 rings (SSSR count). The molecule has 1 N–H and O–H groups in total. The Hall–Kier alpha value is -2.40. The lowest BCUT2D eigenvalue weighted by atomic mass is 9.73. The van der Waals surface area contributed by atoms with E-state index >= 15 is 0 Å². The molecule has 5 heteroatoms. The number of piperidine rings is 2. The third-order valence-corrected chi connectivity index (χ3v) is 6.28. The lowest BCUT2D eigenvalue weighted by Gasteiger charge is -2.51. The third kappa shape index (κ3) is 4.45. The van der Waals surface area contributed by atoms with Gasteiger partial charge in [-0.3, -0.25) is 0 Å². The van der Waals surface area contributed by atoms with E-state index in [9.17, 15) is 14.3 Å². The minimum Gasteiger partial charge on any atom is -0.445 e. The van der Waals surface area contributed by atoms with Crippen LogP contribution in [0.3, 0.4) is 0 Å². The van der Waals surface area contributed by atoms with Crippen LogP contribution in [0.15, 0.2) is 48.5 Å². The Kier molecular flexibility index (Phi) is 5.59. The van der Waals surface area contributed by atoms with Crippen LogP contribution >= 0.6 is 0 Å². The minimum atomic E-state index is -0.923. The molecule has 2 atom stereocenters. The average Bonchev–Trinajstić information content (AvgIpc) is 2.69. The van der Waals surface area contributed by atoms with E-state index in [4.69, 9.17) is 4.74 Å². The Morgan fingerprint density at radius 3 is 2.48 bits per heavy atom. The number of fused-ring (bicyclic) bond motifs is 2. The number of aryl methyl sites for hydroxylation is 1. The van der Waals surface area contributed by atoms with Gasteiger partial charge in [-0.1, -0.05) is 42.5 Å². The van der Waals surface area contributed by atoms with E-state index in [1.807, 2.05) is 41.3 Å². The van der Waals surface area contributed by atoms with Crippen molar-refractivity contribution in [3.8, 4) is 0 Å². The highest BCUT2D eigenvalue weighted by atomic mass is 19.1. The second kappa shape index (κ2) is 8.15. The molecule has 2 saturated heterocycles. The molecule has 4 nitrogen and oxygen atoms in total. The molecule has 1 amide bonds. The Morgan fingerprint density at radius 1 is 1.14 bits per heavy atom. The number of benzene rings is 2.